The molecule has 0 aliphatic heterocycles. The average molecular weight is 344 g/mol. The molecule has 0 bridgehead atoms. The normalized spacial score (nSPS) is 10.3. The number of benzene rings is 1. The lowest BCUT2D eigenvalue weighted by molar-refractivity contribution is -0.118. The summed E-state index contributed by atoms with van der Waals surface area (Å²) in [6.07, 6.45) is 1.25. The zero-order valence-electron chi connectivity index (χ0n) is 12.3. The fraction of sp³-hybridized carbons (Fsp3) is 0.0667. The van der Waals surface area contributed by atoms with Crippen molar-refractivity contribution in [2.24, 2.45) is 5.73 Å². The highest BCUT2D eigenvalue weighted by atomic mass is 32.1. The monoisotopic (exact) mass is 344 g/mol. The van der Waals surface area contributed by atoms with Crippen molar-refractivity contribution in [3.8, 4) is 17.2 Å². The summed E-state index contributed by atoms with van der Waals surface area (Å²) in [6, 6.07) is 8.41. The lowest BCUT2D eigenvalue weighted by atomic mass is 10.2. The highest BCUT2D eigenvalue weighted by Crippen LogP contribution is 2.23. The molecule has 3 rings (SSSR count). The molecule has 3 N–H and O–H groups in total. The number of ether oxygens (including phenoxy) is 1. The van der Waals surface area contributed by atoms with Crippen molar-refractivity contribution in [1.82, 2.24) is 10.2 Å². The summed E-state index contributed by atoms with van der Waals surface area (Å²) in [5.74, 6) is -0.0734. The van der Waals surface area contributed by atoms with Crippen LogP contribution in [0.1, 0.15) is 10.4 Å². The van der Waals surface area contributed by atoms with Crippen molar-refractivity contribution in [2.75, 3.05) is 11.9 Å². The van der Waals surface area contributed by atoms with Crippen molar-refractivity contribution < 1.29 is 18.7 Å². The van der Waals surface area contributed by atoms with E-state index in [9.17, 15) is 9.59 Å². The van der Waals surface area contributed by atoms with Gasteiger partial charge in [0.2, 0.25) is 12.3 Å². The van der Waals surface area contributed by atoms with Gasteiger partial charge >= 0.3 is 0 Å². The Hall–Kier alpha value is -3.20. The van der Waals surface area contributed by atoms with E-state index in [1.165, 1.54) is 17.7 Å². The number of nitrogens with one attached hydrogen (secondary N) is 1. The lowest BCUT2D eigenvalue weighted by Crippen LogP contribution is -2.21. The van der Waals surface area contributed by atoms with Gasteiger partial charge in [0.1, 0.15) is 10.8 Å². The Morgan fingerprint density at radius 2 is 2.04 bits per heavy atom. The number of rotatable bonds is 6. The van der Waals surface area contributed by atoms with Gasteiger partial charge < -0.3 is 20.2 Å². The van der Waals surface area contributed by atoms with Gasteiger partial charge in [-0.25, -0.2) is 0 Å². The molecule has 0 aliphatic carbocycles. The van der Waals surface area contributed by atoms with Crippen LogP contribution in [0.4, 0.5) is 5.00 Å². The molecule has 2 amide bonds. The first-order chi connectivity index (χ1) is 11.6. The van der Waals surface area contributed by atoms with E-state index in [1.807, 2.05) is 0 Å². The Morgan fingerprint density at radius 3 is 2.71 bits per heavy atom. The summed E-state index contributed by atoms with van der Waals surface area (Å²) < 4.78 is 10.5. The molecule has 24 heavy (non-hydrogen) atoms. The molecule has 1 aromatic carbocycles. The molecular formula is C15H12N4O4S. The van der Waals surface area contributed by atoms with Crippen LogP contribution in [0.2, 0.25) is 0 Å². The third-order valence-corrected chi connectivity index (χ3v) is 3.84. The third kappa shape index (κ3) is 3.58. The predicted octanol–water partition coefficient (Wildman–Crippen LogP) is 1.91. The second kappa shape index (κ2) is 6.92. The van der Waals surface area contributed by atoms with Gasteiger partial charge in [-0.2, -0.15) is 0 Å². The molecule has 0 spiro atoms. The first kappa shape index (κ1) is 15.7. The van der Waals surface area contributed by atoms with Crippen LogP contribution in [0.3, 0.4) is 0 Å². The van der Waals surface area contributed by atoms with Crippen LogP contribution < -0.4 is 15.8 Å². The Balaban J connectivity index is 1.56. The Morgan fingerprint density at radius 1 is 1.25 bits per heavy atom. The number of carbonyl (C=O) groups is 2. The molecule has 0 aliphatic rings. The molecule has 0 fully saturated rings. The van der Waals surface area contributed by atoms with Gasteiger partial charge in [-0.15, -0.1) is 21.5 Å². The second-order valence-corrected chi connectivity index (χ2v) is 5.55. The molecule has 0 saturated carbocycles. The predicted molar refractivity (Wildman–Crippen MR) is 86.7 cm³/mol. The van der Waals surface area contributed by atoms with E-state index in [2.05, 4.69) is 15.5 Å². The van der Waals surface area contributed by atoms with Gasteiger partial charge in [-0.3, -0.25) is 9.59 Å². The van der Waals surface area contributed by atoms with E-state index in [4.69, 9.17) is 14.9 Å². The minimum Gasteiger partial charge on any atom is -0.484 e. The largest absolute Gasteiger partial charge is 0.484 e. The SMILES string of the molecule is NC(=O)c1ccsc1NC(=O)COc1ccc(-c2nnco2)cc1. The van der Waals surface area contributed by atoms with Crippen molar-refractivity contribution in [3.63, 3.8) is 0 Å². The smallest absolute Gasteiger partial charge is 0.262 e. The molecule has 0 unspecified atom stereocenters. The van der Waals surface area contributed by atoms with Gasteiger partial charge in [0, 0.05) is 5.56 Å². The Labute approximate surface area is 140 Å². The van der Waals surface area contributed by atoms with Crippen molar-refractivity contribution in [1.29, 1.82) is 0 Å². The van der Waals surface area contributed by atoms with E-state index in [-0.39, 0.29) is 18.1 Å². The number of amides is 2. The van der Waals surface area contributed by atoms with Gasteiger partial charge in [0.15, 0.2) is 6.61 Å². The third-order valence-electron chi connectivity index (χ3n) is 3.01. The van der Waals surface area contributed by atoms with Crippen LogP contribution in [0.5, 0.6) is 5.75 Å². The van der Waals surface area contributed by atoms with E-state index in [1.54, 1.807) is 35.7 Å². The highest BCUT2D eigenvalue weighted by Gasteiger charge is 2.13. The van der Waals surface area contributed by atoms with Crippen LogP contribution in [-0.4, -0.2) is 28.6 Å². The number of primary amides is 1. The minimum absolute atomic E-state index is 0.198. The number of thiophene rings is 1. The van der Waals surface area contributed by atoms with Crippen molar-refractivity contribution >= 4 is 28.2 Å². The van der Waals surface area contributed by atoms with Gasteiger partial charge in [0.25, 0.3) is 11.8 Å². The molecule has 122 valence electrons. The number of nitrogens with two attached hydrogens (primary N) is 1. The lowest BCUT2D eigenvalue weighted by Gasteiger charge is -2.07. The molecule has 0 radical (unpaired) electrons. The topological polar surface area (TPSA) is 120 Å². The minimum atomic E-state index is -0.593. The molecule has 2 aromatic heterocycles. The zero-order chi connectivity index (χ0) is 16.9. The van der Waals surface area contributed by atoms with Gasteiger partial charge in [-0.05, 0) is 35.7 Å². The summed E-state index contributed by atoms with van der Waals surface area (Å²) in [5, 5.41) is 12.1. The number of aromatic nitrogens is 2. The number of hydrogen-bond acceptors (Lipinski definition) is 7. The quantitative estimate of drug-likeness (QED) is 0.705. The molecule has 2 heterocycles. The first-order valence-electron chi connectivity index (χ1n) is 6.80. The second-order valence-electron chi connectivity index (χ2n) is 4.63. The number of hydrogen-bond donors (Lipinski definition) is 2. The van der Waals surface area contributed by atoms with E-state index < -0.39 is 5.91 Å². The summed E-state index contributed by atoms with van der Waals surface area (Å²) in [6.45, 7) is -0.198. The summed E-state index contributed by atoms with van der Waals surface area (Å²) in [4.78, 5) is 23.1. The molecule has 0 atom stereocenters. The summed E-state index contributed by atoms with van der Waals surface area (Å²) >= 11 is 1.22. The standard InChI is InChI=1S/C15H12N4O4S/c16-13(21)11-5-6-24-15(11)18-12(20)7-22-10-3-1-9(2-4-10)14-19-17-8-23-14/h1-6,8H,7H2,(H2,16,21)(H,18,20). The molecule has 0 saturated heterocycles. The van der Waals surface area contributed by atoms with Crippen LogP contribution in [-0.2, 0) is 4.79 Å². The van der Waals surface area contributed by atoms with E-state index >= 15 is 0 Å². The van der Waals surface area contributed by atoms with Crippen molar-refractivity contribution in [3.05, 3.63) is 47.7 Å². The van der Waals surface area contributed by atoms with E-state index in [0.717, 1.165) is 5.56 Å². The van der Waals surface area contributed by atoms with Crippen LogP contribution >= 0.6 is 11.3 Å². The molecule has 9 heteroatoms. The zero-order valence-corrected chi connectivity index (χ0v) is 13.1. The molecule has 3 aromatic rings. The van der Waals surface area contributed by atoms with Crippen LogP contribution in [0.15, 0.2) is 46.5 Å². The van der Waals surface area contributed by atoms with Crippen LogP contribution in [0.25, 0.3) is 11.5 Å². The fourth-order valence-electron chi connectivity index (χ4n) is 1.90. The molecular weight excluding hydrogens is 332 g/mol. The molecule has 8 nitrogen and oxygen atoms in total. The Kier molecular flexibility index (Phi) is 4.52. The van der Waals surface area contributed by atoms with Crippen LogP contribution in [0, 0.1) is 0 Å². The summed E-state index contributed by atoms with van der Waals surface area (Å²) in [5.41, 5.74) is 6.24. The average Bonchev–Trinajstić information content (AvgIpc) is 3.25. The Bertz CT molecular complexity index is 843. The summed E-state index contributed by atoms with van der Waals surface area (Å²) in [7, 11) is 0. The number of carbonyl (C=O) groups excluding carboxylic acids is 2. The van der Waals surface area contributed by atoms with Crippen molar-refractivity contribution in [2.45, 2.75) is 0 Å². The van der Waals surface area contributed by atoms with Gasteiger partial charge in [-0.1, -0.05) is 0 Å². The number of nitrogens with zero attached hydrogens (tertiary/aromatic N) is 2. The maximum Gasteiger partial charge on any atom is 0.262 e. The van der Waals surface area contributed by atoms with E-state index in [0.29, 0.717) is 16.6 Å². The highest BCUT2D eigenvalue weighted by molar-refractivity contribution is 7.14. The number of anilines is 1. The maximum absolute atomic E-state index is 11.9. The first-order valence-corrected chi connectivity index (χ1v) is 7.68. The van der Waals surface area contributed by atoms with Gasteiger partial charge in [0.05, 0.1) is 5.56 Å². The fourth-order valence-corrected chi connectivity index (χ4v) is 2.71. The maximum atomic E-state index is 11.9.